The number of hydrogen-bond acceptors (Lipinski definition) is 1. The van der Waals surface area contributed by atoms with Crippen molar-refractivity contribution in [2.45, 2.75) is 32.7 Å². The Bertz CT molecular complexity index is 383. The smallest absolute Gasteiger partial charge is 0.124 e. The second-order valence-electron chi connectivity index (χ2n) is 5.44. The van der Waals surface area contributed by atoms with E-state index in [0.717, 1.165) is 16.5 Å². The molecule has 1 saturated carbocycles. The largest absolute Gasteiger partial charge is 0.327 e. The van der Waals surface area contributed by atoms with Crippen LogP contribution >= 0.6 is 15.9 Å². The maximum Gasteiger partial charge on any atom is 0.124 e. The summed E-state index contributed by atoms with van der Waals surface area (Å²) in [4.78, 5) is 0. The first kappa shape index (κ1) is 12.1. The van der Waals surface area contributed by atoms with Gasteiger partial charge in [0.05, 0.1) is 0 Å². The standard InChI is InChI=1S/C13H17BrFN/c1-13(2)7-11(13)12(16)5-8-3-9(14)6-10(15)4-8/h3-4,6,11-12H,5,7,16H2,1-2H3. The Kier molecular flexibility index (Phi) is 3.10. The van der Waals surface area contributed by atoms with Gasteiger partial charge in [-0.05, 0) is 47.9 Å². The second kappa shape index (κ2) is 4.11. The lowest BCUT2D eigenvalue weighted by Gasteiger charge is -2.13. The Labute approximate surface area is 104 Å². The SMILES string of the molecule is CC1(C)CC1C(N)Cc1cc(F)cc(Br)c1. The van der Waals surface area contributed by atoms with Crippen LogP contribution in [0.3, 0.4) is 0 Å². The summed E-state index contributed by atoms with van der Waals surface area (Å²) in [7, 11) is 0. The Morgan fingerprint density at radius 3 is 2.62 bits per heavy atom. The predicted octanol–water partition coefficient (Wildman–Crippen LogP) is 3.50. The van der Waals surface area contributed by atoms with Crippen LogP contribution in [-0.2, 0) is 6.42 Å². The average molecular weight is 286 g/mol. The van der Waals surface area contributed by atoms with Crippen LogP contribution < -0.4 is 5.73 Å². The molecule has 0 amide bonds. The van der Waals surface area contributed by atoms with E-state index in [-0.39, 0.29) is 11.9 Å². The van der Waals surface area contributed by atoms with Crippen molar-refractivity contribution in [1.29, 1.82) is 0 Å². The Hall–Kier alpha value is -0.410. The van der Waals surface area contributed by atoms with Gasteiger partial charge >= 0.3 is 0 Å². The van der Waals surface area contributed by atoms with E-state index in [1.54, 1.807) is 6.07 Å². The van der Waals surface area contributed by atoms with E-state index >= 15 is 0 Å². The van der Waals surface area contributed by atoms with Crippen molar-refractivity contribution in [2.75, 3.05) is 0 Å². The lowest BCUT2D eigenvalue weighted by molar-refractivity contribution is 0.476. The Morgan fingerprint density at radius 1 is 1.50 bits per heavy atom. The van der Waals surface area contributed by atoms with Crippen LogP contribution in [0.5, 0.6) is 0 Å². The van der Waals surface area contributed by atoms with E-state index in [1.165, 1.54) is 12.5 Å². The van der Waals surface area contributed by atoms with Gasteiger partial charge in [-0.15, -0.1) is 0 Å². The van der Waals surface area contributed by atoms with Crippen LogP contribution in [0.25, 0.3) is 0 Å². The molecule has 1 aromatic rings. The number of halogens is 2. The third-order valence-electron chi connectivity index (χ3n) is 3.50. The van der Waals surface area contributed by atoms with Crippen molar-refractivity contribution in [3.05, 3.63) is 34.1 Å². The van der Waals surface area contributed by atoms with E-state index in [1.807, 2.05) is 6.07 Å². The highest BCUT2D eigenvalue weighted by Crippen LogP contribution is 2.53. The molecule has 2 atom stereocenters. The maximum absolute atomic E-state index is 13.2. The fourth-order valence-corrected chi connectivity index (χ4v) is 2.89. The van der Waals surface area contributed by atoms with Crippen LogP contribution in [-0.4, -0.2) is 6.04 Å². The van der Waals surface area contributed by atoms with Crippen molar-refractivity contribution in [3.8, 4) is 0 Å². The van der Waals surface area contributed by atoms with Crippen LogP contribution in [0.1, 0.15) is 25.8 Å². The minimum atomic E-state index is -0.202. The van der Waals surface area contributed by atoms with Gasteiger partial charge in [0.15, 0.2) is 0 Å². The highest BCUT2D eigenvalue weighted by Gasteiger charge is 2.48. The molecule has 0 spiro atoms. The van der Waals surface area contributed by atoms with Crippen molar-refractivity contribution < 1.29 is 4.39 Å². The minimum Gasteiger partial charge on any atom is -0.327 e. The Morgan fingerprint density at radius 2 is 2.12 bits per heavy atom. The van der Waals surface area contributed by atoms with Gasteiger partial charge in [-0.2, -0.15) is 0 Å². The topological polar surface area (TPSA) is 26.0 Å². The van der Waals surface area contributed by atoms with Crippen molar-refractivity contribution in [3.63, 3.8) is 0 Å². The highest BCUT2D eigenvalue weighted by molar-refractivity contribution is 9.10. The molecule has 0 aromatic heterocycles. The van der Waals surface area contributed by atoms with Crippen LogP contribution in [0.4, 0.5) is 4.39 Å². The van der Waals surface area contributed by atoms with E-state index in [9.17, 15) is 4.39 Å². The first-order valence-electron chi connectivity index (χ1n) is 5.59. The summed E-state index contributed by atoms with van der Waals surface area (Å²) in [5.74, 6) is 0.376. The molecular formula is C13H17BrFN. The first-order valence-corrected chi connectivity index (χ1v) is 6.38. The molecule has 1 aromatic carbocycles. The molecule has 1 aliphatic rings. The molecule has 3 heteroatoms. The third-order valence-corrected chi connectivity index (χ3v) is 3.96. The van der Waals surface area contributed by atoms with Gasteiger partial charge in [0.2, 0.25) is 0 Å². The fraction of sp³-hybridized carbons (Fsp3) is 0.538. The molecule has 2 rings (SSSR count). The molecule has 88 valence electrons. The van der Waals surface area contributed by atoms with Crippen molar-refractivity contribution in [2.24, 2.45) is 17.1 Å². The normalized spacial score (nSPS) is 24.2. The van der Waals surface area contributed by atoms with Gasteiger partial charge in [0.25, 0.3) is 0 Å². The summed E-state index contributed by atoms with van der Waals surface area (Å²) in [5.41, 5.74) is 7.50. The second-order valence-corrected chi connectivity index (χ2v) is 6.36. The zero-order chi connectivity index (χ0) is 11.9. The van der Waals surface area contributed by atoms with Crippen LogP contribution in [0.2, 0.25) is 0 Å². The van der Waals surface area contributed by atoms with Gasteiger partial charge in [-0.25, -0.2) is 4.39 Å². The summed E-state index contributed by atoms with van der Waals surface area (Å²) >= 11 is 3.30. The van der Waals surface area contributed by atoms with Gasteiger partial charge in [-0.1, -0.05) is 29.8 Å². The van der Waals surface area contributed by atoms with Gasteiger partial charge < -0.3 is 5.73 Å². The molecule has 1 nitrogen and oxygen atoms in total. The fourth-order valence-electron chi connectivity index (χ4n) is 2.38. The Balaban J connectivity index is 2.04. The number of nitrogens with two attached hydrogens (primary N) is 1. The molecule has 2 N–H and O–H groups in total. The lowest BCUT2D eigenvalue weighted by atomic mass is 9.98. The molecule has 0 aliphatic heterocycles. The maximum atomic E-state index is 13.2. The molecule has 0 heterocycles. The van der Waals surface area contributed by atoms with E-state index in [0.29, 0.717) is 11.3 Å². The summed E-state index contributed by atoms with van der Waals surface area (Å²) in [6.45, 7) is 4.47. The number of benzene rings is 1. The molecule has 1 fully saturated rings. The van der Waals surface area contributed by atoms with E-state index in [2.05, 4.69) is 29.8 Å². The summed E-state index contributed by atoms with van der Waals surface area (Å²) in [6, 6.07) is 5.12. The van der Waals surface area contributed by atoms with Crippen molar-refractivity contribution >= 4 is 15.9 Å². The summed E-state index contributed by atoms with van der Waals surface area (Å²) < 4.78 is 14.0. The number of hydrogen-bond donors (Lipinski definition) is 1. The minimum absolute atomic E-state index is 0.142. The first-order chi connectivity index (χ1) is 7.38. The molecule has 2 unspecified atom stereocenters. The summed E-state index contributed by atoms with van der Waals surface area (Å²) in [6.07, 6.45) is 1.94. The average Bonchev–Trinajstić information content (AvgIpc) is 2.73. The molecule has 0 radical (unpaired) electrons. The van der Waals surface area contributed by atoms with Crippen LogP contribution in [0.15, 0.2) is 22.7 Å². The van der Waals surface area contributed by atoms with Gasteiger partial charge in [0, 0.05) is 10.5 Å². The van der Waals surface area contributed by atoms with Crippen LogP contribution in [0, 0.1) is 17.2 Å². The zero-order valence-corrected chi connectivity index (χ0v) is 11.2. The number of rotatable bonds is 3. The molecule has 0 saturated heterocycles. The molecule has 1 aliphatic carbocycles. The monoisotopic (exact) mass is 285 g/mol. The molecule has 0 bridgehead atoms. The van der Waals surface area contributed by atoms with Crippen molar-refractivity contribution in [1.82, 2.24) is 0 Å². The van der Waals surface area contributed by atoms with Gasteiger partial charge in [0.1, 0.15) is 5.82 Å². The quantitative estimate of drug-likeness (QED) is 0.904. The molecule has 16 heavy (non-hydrogen) atoms. The predicted molar refractivity (Wildman–Crippen MR) is 67.7 cm³/mol. The molecular weight excluding hydrogens is 269 g/mol. The summed E-state index contributed by atoms with van der Waals surface area (Å²) in [5, 5.41) is 0. The van der Waals surface area contributed by atoms with E-state index in [4.69, 9.17) is 5.73 Å². The van der Waals surface area contributed by atoms with E-state index < -0.39 is 0 Å². The lowest BCUT2D eigenvalue weighted by Crippen LogP contribution is -2.27. The zero-order valence-electron chi connectivity index (χ0n) is 9.63. The van der Waals surface area contributed by atoms with Gasteiger partial charge in [-0.3, -0.25) is 0 Å². The highest BCUT2D eigenvalue weighted by atomic mass is 79.9. The third kappa shape index (κ3) is 2.64.